The number of benzene rings is 1. The number of tetrazole rings is 1. The summed E-state index contributed by atoms with van der Waals surface area (Å²) in [5.41, 5.74) is 7.59. The van der Waals surface area contributed by atoms with E-state index in [0.29, 0.717) is 30.0 Å². The first-order valence-electron chi connectivity index (χ1n) is 7.51. The third-order valence-corrected chi connectivity index (χ3v) is 4.19. The molecule has 0 saturated heterocycles. The van der Waals surface area contributed by atoms with Crippen LogP contribution in [-0.4, -0.2) is 26.8 Å². The lowest BCUT2D eigenvalue weighted by atomic mass is 10.1. The van der Waals surface area contributed by atoms with E-state index in [1.807, 2.05) is 29.8 Å². The van der Waals surface area contributed by atoms with Crippen molar-refractivity contribution in [1.29, 1.82) is 0 Å². The average molecular weight is 287 g/mol. The van der Waals surface area contributed by atoms with Gasteiger partial charge in [-0.1, -0.05) is 13.3 Å². The van der Waals surface area contributed by atoms with Crippen molar-refractivity contribution in [3.05, 3.63) is 18.2 Å². The SMILES string of the molecule is CCOc1ccc(-c2nnnn2C2CCCC2C)cc1N. The summed E-state index contributed by atoms with van der Waals surface area (Å²) >= 11 is 0. The highest BCUT2D eigenvalue weighted by Crippen LogP contribution is 2.37. The predicted octanol–water partition coefficient (Wildman–Crippen LogP) is 2.68. The number of nitrogen functional groups attached to an aromatic ring is 1. The van der Waals surface area contributed by atoms with E-state index < -0.39 is 0 Å². The topological polar surface area (TPSA) is 78.9 Å². The van der Waals surface area contributed by atoms with E-state index in [1.54, 1.807) is 0 Å². The first kappa shape index (κ1) is 13.9. The molecule has 0 spiro atoms. The quantitative estimate of drug-likeness (QED) is 0.875. The van der Waals surface area contributed by atoms with Gasteiger partial charge in [-0.25, -0.2) is 4.68 Å². The third kappa shape index (κ3) is 2.57. The molecule has 21 heavy (non-hydrogen) atoms. The van der Waals surface area contributed by atoms with Crippen LogP contribution >= 0.6 is 0 Å². The van der Waals surface area contributed by atoms with E-state index in [0.717, 1.165) is 17.8 Å². The van der Waals surface area contributed by atoms with Crippen molar-refractivity contribution in [3.63, 3.8) is 0 Å². The molecular weight excluding hydrogens is 266 g/mol. The van der Waals surface area contributed by atoms with E-state index in [4.69, 9.17) is 10.5 Å². The summed E-state index contributed by atoms with van der Waals surface area (Å²) in [5, 5.41) is 12.2. The molecule has 6 nitrogen and oxygen atoms in total. The molecule has 6 heteroatoms. The number of hydrogen-bond acceptors (Lipinski definition) is 5. The van der Waals surface area contributed by atoms with Gasteiger partial charge in [0.05, 0.1) is 18.3 Å². The van der Waals surface area contributed by atoms with Crippen molar-refractivity contribution < 1.29 is 4.74 Å². The van der Waals surface area contributed by atoms with Gasteiger partial charge in [-0.2, -0.15) is 0 Å². The molecule has 1 aliphatic rings. The fourth-order valence-corrected chi connectivity index (χ4v) is 3.07. The van der Waals surface area contributed by atoms with Crippen molar-refractivity contribution in [2.24, 2.45) is 5.92 Å². The first-order chi connectivity index (χ1) is 10.2. The van der Waals surface area contributed by atoms with E-state index in [-0.39, 0.29) is 0 Å². The summed E-state index contributed by atoms with van der Waals surface area (Å²) < 4.78 is 7.42. The normalized spacial score (nSPS) is 21.6. The van der Waals surface area contributed by atoms with Gasteiger partial charge in [-0.15, -0.1) is 5.10 Å². The number of anilines is 1. The average Bonchev–Trinajstić information content (AvgIpc) is 3.09. The summed E-state index contributed by atoms with van der Waals surface area (Å²) in [4.78, 5) is 0. The minimum absolute atomic E-state index is 0.378. The second-order valence-corrected chi connectivity index (χ2v) is 5.61. The molecule has 112 valence electrons. The number of nitrogens with two attached hydrogens (primary N) is 1. The highest BCUT2D eigenvalue weighted by atomic mass is 16.5. The van der Waals surface area contributed by atoms with Crippen LogP contribution in [-0.2, 0) is 0 Å². The number of aromatic nitrogens is 4. The van der Waals surface area contributed by atoms with Gasteiger partial charge >= 0.3 is 0 Å². The van der Waals surface area contributed by atoms with Gasteiger partial charge in [0, 0.05) is 5.56 Å². The number of hydrogen-bond donors (Lipinski definition) is 1. The molecule has 1 fully saturated rings. The van der Waals surface area contributed by atoms with Gasteiger partial charge in [-0.3, -0.25) is 0 Å². The van der Waals surface area contributed by atoms with E-state index in [2.05, 4.69) is 22.4 Å². The van der Waals surface area contributed by atoms with Crippen LogP contribution in [0.2, 0.25) is 0 Å². The lowest BCUT2D eigenvalue weighted by molar-refractivity contribution is 0.342. The van der Waals surface area contributed by atoms with Gasteiger partial charge < -0.3 is 10.5 Å². The van der Waals surface area contributed by atoms with Gasteiger partial charge in [0.15, 0.2) is 5.82 Å². The Morgan fingerprint density at radius 1 is 1.38 bits per heavy atom. The smallest absolute Gasteiger partial charge is 0.182 e. The van der Waals surface area contributed by atoms with E-state index >= 15 is 0 Å². The molecule has 0 aliphatic heterocycles. The number of ether oxygens (including phenoxy) is 1. The van der Waals surface area contributed by atoms with E-state index in [9.17, 15) is 0 Å². The van der Waals surface area contributed by atoms with Crippen molar-refractivity contribution in [2.75, 3.05) is 12.3 Å². The number of rotatable bonds is 4. The molecule has 1 aliphatic carbocycles. The van der Waals surface area contributed by atoms with Gasteiger partial charge in [0.25, 0.3) is 0 Å². The third-order valence-electron chi connectivity index (χ3n) is 4.19. The minimum Gasteiger partial charge on any atom is -0.492 e. The highest BCUT2D eigenvalue weighted by Gasteiger charge is 2.28. The number of nitrogens with zero attached hydrogens (tertiary/aromatic N) is 4. The van der Waals surface area contributed by atoms with Crippen LogP contribution in [0.4, 0.5) is 5.69 Å². The monoisotopic (exact) mass is 287 g/mol. The molecule has 1 heterocycles. The Labute approximate surface area is 124 Å². The van der Waals surface area contributed by atoms with Crippen molar-refractivity contribution >= 4 is 5.69 Å². The zero-order chi connectivity index (χ0) is 14.8. The van der Waals surface area contributed by atoms with Crippen LogP contribution < -0.4 is 10.5 Å². The summed E-state index contributed by atoms with van der Waals surface area (Å²) in [7, 11) is 0. The molecule has 2 atom stereocenters. The first-order valence-corrected chi connectivity index (χ1v) is 7.51. The largest absolute Gasteiger partial charge is 0.492 e. The van der Waals surface area contributed by atoms with Crippen molar-refractivity contribution in [2.45, 2.75) is 39.2 Å². The summed E-state index contributed by atoms with van der Waals surface area (Å²) in [6.45, 7) is 4.80. The minimum atomic E-state index is 0.378. The fraction of sp³-hybridized carbons (Fsp3) is 0.533. The molecule has 2 unspecified atom stereocenters. The summed E-state index contributed by atoms with van der Waals surface area (Å²) in [5.74, 6) is 2.09. The lowest BCUT2D eigenvalue weighted by Crippen LogP contribution is -2.14. The molecular formula is C15H21N5O. The van der Waals surface area contributed by atoms with Crippen molar-refractivity contribution in [3.8, 4) is 17.1 Å². The van der Waals surface area contributed by atoms with Crippen LogP contribution in [0.1, 0.15) is 39.2 Å². The molecule has 2 N–H and O–H groups in total. The molecule has 0 bridgehead atoms. The molecule has 3 rings (SSSR count). The summed E-state index contributed by atoms with van der Waals surface area (Å²) in [6.07, 6.45) is 3.59. The standard InChI is InChI=1S/C15H21N5O/c1-3-21-14-8-7-11(9-12(14)16)15-17-18-19-20(15)13-6-4-5-10(13)2/h7-10,13H,3-6,16H2,1-2H3. The second kappa shape index (κ2) is 5.71. The highest BCUT2D eigenvalue weighted by molar-refractivity contribution is 5.66. The molecule has 0 amide bonds. The lowest BCUT2D eigenvalue weighted by Gasteiger charge is -2.17. The molecule has 1 aromatic heterocycles. The molecule has 1 aromatic carbocycles. The second-order valence-electron chi connectivity index (χ2n) is 5.61. The van der Waals surface area contributed by atoms with Gasteiger partial charge in [0.2, 0.25) is 0 Å². The maximum Gasteiger partial charge on any atom is 0.182 e. The van der Waals surface area contributed by atoms with Gasteiger partial charge in [0.1, 0.15) is 5.75 Å². The maximum atomic E-state index is 6.04. The zero-order valence-corrected chi connectivity index (χ0v) is 12.5. The zero-order valence-electron chi connectivity index (χ0n) is 12.5. The predicted molar refractivity (Wildman–Crippen MR) is 80.9 cm³/mol. The van der Waals surface area contributed by atoms with Crippen LogP contribution in [0.5, 0.6) is 5.75 Å². The van der Waals surface area contributed by atoms with Gasteiger partial charge in [-0.05, 0) is 54.3 Å². The van der Waals surface area contributed by atoms with Crippen molar-refractivity contribution in [1.82, 2.24) is 20.2 Å². The summed E-state index contributed by atoms with van der Waals surface area (Å²) in [6, 6.07) is 6.10. The van der Waals surface area contributed by atoms with E-state index in [1.165, 1.54) is 12.8 Å². The van der Waals surface area contributed by atoms with Crippen LogP contribution in [0.15, 0.2) is 18.2 Å². The molecule has 1 saturated carbocycles. The Balaban J connectivity index is 1.94. The maximum absolute atomic E-state index is 6.04. The Morgan fingerprint density at radius 2 is 2.24 bits per heavy atom. The van der Waals surface area contributed by atoms with Crippen LogP contribution in [0.25, 0.3) is 11.4 Å². The Hall–Kier alpha value is -2.11. The molecule has 0 radical (unpaired) electrons. The molecule has 2 aromatic rings. The Kier molecular flexibility index (Phi) is 3.77. The Bertz CT molecular complexity index is 624. The fourth-order valence-electron chi connectivity index (χ4n) is 3.07. The van der Waals surface area contributed by atoms with Crippen LogP contribution in [0.3, 0.4) is 0 Å². The van der Waals surface area contributed by atoms with Crippen LogP contribution in [0, 0.1) is 5.92 Å². The Morgan fingerprint density at radius 3 is 2.90 bits per heavy atom.